The van der Waals surface area contributed by atoms with Crippen LogP contribution in [0.15, 0.2) is 16.6 Å². The molecule has 4 heteroatoms. The highest BCUT2D eigenvalue weighted by Gasteiger charge is 2.10. The molecule has 0 saturated carbocycles. The summed E-state index contributed by atoms with van der Waals surface area (Å²) in [5.41, 5.74) is 0.742. The van der Waals surface area contributed by atoms with Crippen LogP contribution in [0.4, 0.5) is 0 Å². The highest BCUT2D eigenvalue weighted by Crippen LogP contribution is 2.36. The first-order valence-corrected chi connectivity index (χ1v) is 5.05. The van der Waals surface area contributed by atoms with E-state index in [9.17, 15) is 0 Å². The minimum absolute atomic E-state index is 0.0512. The van der Waals surface area contributed by atoms with Gasteiger partial charge in [-0.2, -0.15) is 0 Å². The van der Waals surface area contributed by atoms with Crippen LogP contribution in [0.5, 0.6) is 11.5 Å². The van der Waals surface area contributed by atoms with Crippen molar-refractivity contribution in [2.45, 2.75) is 6.61 Å². The van der Waals surface area contributed by atoms with Crippen molar-refractivity contribution < 1.29 is 14.6 Å². The Kier molecular flexibility index (Phi) is 4.47. The Balaban J connectivity index is 3.08. The quantitative estimate of drug-likeness (QED) is 0.851. The van der Waals surface area contributed by atoms with Gasteiger partial charge >= 0.3 is 0 Å². The lowest BCUT2D eigenvalue weighted by Crippen LogP contribution is -1.99. The summed E-state index contributed by atoms with van der Waals surface area (Å²) in [4.78, 5) is 0. The number of terminal acetylenes is 1. The van der Waals surface area contributed by atoms with E-state index in [2.05, 4.69) is 21.9 Å². The normalized spacial score (nSPS) is 9.47. The summed E-state index contributed by atoms with van der Waals surface area (Å²) in [6, 6.07) is 3.46. The van der Waals surface area contributed by atoms with Gasteiger partial charge in [0, 0.05) is 0 Å². The molecule has 80 valence electrons. The highest BCUT2D eigenvalue weighted by atomic mass is 79.9. The van der Waals surface area contributed by atoms with Crippen LogP contribution in [0, 0.1) is 12.3 Å². The van der Waals surface area contributed by atoms with Crippen molar-refractivity contribution in [1.82, 2.24) is 0 Å². The summed E-state index contributed by atoms with van der Waals surface area (Å²) in [6.07, 6.45) is 5.10. The Morgan fingerprint density at radius 2 is 2.27 bits per heavy atom. The standard InChI is InChI=1S/C11H11BrO3/c1-3-4-15-11-9(12)5-8(7-13)6-10(11)14-2/h1,5-6,13H,4,7H2,2H3. The van der Waals surface area contributed by atoms with Gasteiger partial charge in [-0.3, -0.25) is 0 Å². The van der Waals surface area contributed by atoms with E-state index in [0.29, 0.717) is 16.0 Å². The number of hydrogen-bond acceptors (Lipinski definition) is 3. The lowest BCUT2D eigenvalue weighted by molar-refractivity contribution is 0.279. The second-order valence-corrected chi connectivity index (χ2v) is 3.61. The number of benzene rings is 1. The molecule has 0 spiro atoms. The van der Waals surface area contributed by atoms with Crippen LogP contribution in [0.25, 0.3) is 0 Å². The topological polar surface area (TPSA) is 38.7 Å². The predicted octanol–water partition coefficient (Wildman–Crippen LogP) is 1.96. The fourth-order valence-electron chi connectivity index (χ4n) is 1.12. The third kappa shape index (κ3) is 2.88. The van der Waals surface area contributed by atoms with E-state index in [0.717, 1.165) is 5.56 Å². The average molecular weight is 271 g/mol. The van der Waals surface area contributed by atoms with Crippen LogP contribution in [0.1, 0.15) is 5.56 Å². The van der Waals surface area contributed by atoms with Crippen molar-refractivity contribution in [1.29, 1.82) is 0 Å². The molecule has 3 nitrogen and oxygen atoms in total. The van der Waals surface area contributed by atoms with E-state index in [1.165, 1.54) is 7.11 Å². The molecule has 0 amide bonds. The van der Waals surface area contributed by atoms with Crippen LogP contribution in [-0.4, -0.2) is 18.8 Å². The maximum absolute atomic E-state index is 9.00. The van der Waals surface area contributed by atoms with Gasteiger partial charge in [-0.1, -0.05) is 5.92 Å². The second-order valence-electron chi connectivity index (χ2n) is 2.76. The fourth-order valence-corrected chi connectivity index (χ4v) is 1.72. The van der Waals surface area contributed by atoms with Gasteiger partial charge in [0.2, 0.25) is 0 Å². The Morgan fingerprint density at radius 3 is 2.80 bits per heavy atom. The Labute approximate surface area is 97.1 Å². The number of hydrogen-bond donors (Lipinski definition) is 1. The second kappa shape index (κ2) is 5.64. The minimum atomic E-state index is -0.0512. The number of methoxy groups -OCH3 is 1. The first-order chi connectivity index (χ1) is 7.22. The molecule has 0 aliphatic rings. The van der Waals surface area contributed by atoms with Gasteiger partial charge in [0.15, 0.2) is 11.5 Å². The molecule has 0 saturated heterocycles. The molecule has 0 atom stereocenters. The number of rotatable bonds is 4. The van der Waals surface area contributed by atoms with Crippen LogP contribution < -0.4 is 9.47 Å². The summed E-state index contributed by atoms with van der Waals surface area (Å²) in [5.74, 6) is 3.47. The SMILES string of the molecule is C#CCOc1c(Br)cc(CO)cc1OC. The van der Waals surface area contributed by atoms with Crippen molar-refractivity contribution in [3.63, 3.8) is 0 Å². The summed E-state index contributed by atoms with van der Waals surface area (Å²) < 4.78 is 11.2. The van der Waals surface area contributed by atoms with Crippen LogP contribution in [0.3, 0.4) is 0 Å². The van der Waals surface area contributed by atoms with Crippen LogP contribution >= 0.6 is 15.9 Å². The Bertz CT molecular complexity index is 382. The molecule has 0 fully saturated rings. The van der Waals surface area contributed by atoms with Crippen molar-refractivity contribution in [2.24, 2.45) is 0 Å². The monoisotopic (exact) mass is 270 g/mol. The summed E-state index contributed by atoms with van der Waals surface area (Å²) in [7, 11) is 1.53. The van der Waals surface area contributed by atoms with E-state index in [1.807, 2.05) is 0 Å². The molecule has 1 N–H and O–H groups in total. The van der Waals surface area contributed by atoms with E-state index >= 15 is 0 Å². The van der Waals surface area contributed by atoms with Gasteiger partial charge in [0.1, 0.15) is 6.61 Å². The number of aliphatic hydroxyl groups is 1. The smallest absolute Gasteiger partial charge is 0.176 e. The zero-order valence-corrected chi connectivity index (χ0v) is 9.87. The maximum Gasteiger partial charge on any atom is 0.176 e. The van der Waals surface area contributed by atoms with Gasteiger partial charge in [-0.15, -0.1) is 6.42 Å². The van der Waals surface area contributed by atoms with Crippen molar-refractivity contribution >= 4 is 15.9 Å². The van der Waals surface area contributed by atoms with Gasteiger partial charge in [-0.05, 0) is 33.6 Å². The first-order valence-electron chi connectivity index (χ1n) is 4.26. The molecule has 0 radical (unpaired) electrons. The molecule has 0 aliphatic heterocycles. The average Bonchev–Trinajstić information content (AvgIpc) is 2.26. The Hall–Kier alpha value is -1.18. The highest BCUT2D eigenvalue weighted by molar-refractivity contribution is 9.10. The number of halogens is 1. The van der Waals surface area contributed by atoms with Crippen LogP contribution in [-0.2, 0) is 6.61 Å². The molecular formula is C11H11BrO3. The molecule has 0 heterocycles. The fraction of sp³-hybridized carbons (Fsp3) is 0.273. The number of ether oxygens (including phenoxy) is 2. The van der Waals surface area contributed by atoms with E-state index < -0.39 is 0 Å². The summed E-state index contributed by atoms with van der Waals surface area (Å²) >= 11 is 3.33. The zero-order valence-electron chi connectivity index (χ0n) is 8.29. The van der Waals surface area contributed by atoms with Gasteiger partial charge in [0.25, 0.3) is 0 Å². The van der Waals surface area contributed by atoms with Gasteiger partial charge in [0.05, 0.1) is 18.2 Å². The lowest BCUT2D eigenvalue weighted by Gasteiger charge is -2.12. The van der Waals surface area contributed by atoms with E-state index in [1.54, 1.807) is 12.1 Å². The summed E-state index contributed by atoms with van der Waals surface area (Å²) in [5, 5.41) is 9.00. The van der Waals surface area contributed by atoms with Crippen molar-refractivity contribution in [3.05, 3.63) is 22.2 Å². The first kappa shape index (κ1) is 11.9. The van der Waals surface area contributed by atoms with Crippen LogP contribution in [0.2, 0.25) is 0 Å². The molecule has 0 unspecified atom stereocenters. The molecule has 0 aromatic heterocycles. The summed E-state index contributed by atoms with van der Waals surface area (Å²) in [6.45, 7) is 0.123. The molecule has 1 rings (SSSR count). The molecule has 15 heavy (non-hydrogen) atoms. The predicted molar refractivity (Wildman–Crippen MR) is 60.9 cm³/mol. The zero-order chi connectivity index (χ0) is 11.3. The van der Waals surface area contributed by atoms with Crippen molar-refractivity contribution in [3.8, 4) is 23.8 Å². The molecule has 1 aromatic rings. The maximum atomic E-state index is 9.00. The van der Waals surface area contributed by atoms with Gasteiger partial charge in [-0.25, -0.2) is 0 Å². The number of aliphatic hydroxyl groups excluding tert-OH is 1. The third-order valence-electron chi connectivity index (χ3n) is 1.77. The van der Waals surface area contributed by atoms with E-state index in [4.69, 9.17) is 21.0 Å². The third-order valence-corrected chi connectivity index (χ3v) is 2.36. The molecular weight excluding hydrogens is 260 g/mol. The molecule has 0 bridgehead atoms. The molecule has 1 aromatic carbocycles. The van der Waals surface area contributed by atoms with E-state index in [-0.39, 0.29) is 13.2 Å². The Morgan fingerprint density at radius 1 is 1.53 bits per heavy atom. The van der Waals surface area contributed by atoms with Crippen molar-refractivity contribution in [2.75, 3.05) is 13.7 Å². The van der Waals surface area contributed by atoms with Gasteiger partial charge < -0.3 is 14.6 Å². The largest absolute Gasteiger partial charge is 0.493 e. The molecule has 0 aliphatic carbocycles. The lowest BCUT2D eigenvalue weighted by atomic mass is 10.2. The minimum Gasteiger partial charge on any atom is -0.493 e.